The van der Waals surface area contributed by atoms with Crippen molar-refractivity contribution >= 4 is 32.1 Å². The van der Waals surface area contributed by atoms with Gasteiger partial charge in [0.2, 0.25) is 5.78 Å². The van der Waals surface area contributed by atoms with Crippen molar-refractivity contribution in [2.75, 3.05) is 0 Å². The van der Waals surface area contributed by atoms with E-state index in [1.807, 2.05) is 18.2 Å². The second-order valence-corrected chi connectivity index (χ2v) is 8.65. The molecule has 0 amide bonds. The summed E-state index contributed by atoms with van der Waals surface area (Å²) in [4.78, 5) is 18.0. The lowest BCUT2D eigenvalue weighted by Gasteiger charge is -2.16. The third-order valence-electron chi connectivity index (χ3n) is 5.91. The fourth-order valence-electron chi connectivity index (χ4n) is 4.27. The first kappa shape index (κ1) is 17.8. The van der Waals surface area contributed by atoms with Crippen LogP contribution in [0.1, 0.15) is 56.0 Å². The maximum absolute atomic E-state index is 13.4. The molecule has 0 spiro atoms. The van der Waals surface area contributed by atoms with Gasteiger partial charge in [-0.1, -0.05) is 50.1 Å². The molecule has 3 aromatic rings. The van der Waals surface area contributed by atoms with Gasteiger partial charge in [0.25, 0.3) is 5.56 Å². The molecule has 7 heteroatoms. The average Bonchev–Trinajstić information content (AvgIpc) is 3.23. The van der Waals surface area contributed by atoms with Crippen LogP contribution < -0.4 is 5.56 Å². The second kappa shape index (κ2) is 6.65. The van der Waals surface area contributed by atoms with Gasteiger partial charge in [-0.15, -0.1) is 10.2 Å². The Bertz CT molecular complexity index is 1140. The van der Waals surface area contributed by atoms with Crippen LogP contribution in [-0.4, -0.2) is 23.8 Å². The molecule has 1 aliphatic carbocycles. The monoisotopic (exact) mass is 439 g/mol. The molecule has 5 rings (SSSR count). The molecule has 0 bridgehead atoms. The van der Waals surface area contributed by atoms with Crippen molar-refractivity contribution in [2.45, 2.75) is 57.4 Å². The molecule has 0 saturated heterocycles. The average molecular weight is 440 g/mol. The Morgan fingerprint density at radius 1 is 1.14 bits per heavy atom. The minimum atomic E-state index is -0.202. The summed E-state index contributed by atoms with van der Waals surface area (Å²) in [5.74, 6) is 2.13. The highest BCUT2D eigenvalue weighted by Gasteiger charge is 2.50. The van der Waals surface area contributed by atoms with Crippen molar-refractivity contribution < 1.29 is 0 Å². The zero-order valence-electron chi connectivity index (χ0n) is 15.9. The minimum absolute atomic E-state index is 0.0304. The number of halogens is 1. The molecule has 28 heavy (non-hydrogen) atoms. The Labute approximate surface area is 171 Å². The molecule has 0 unspecified atom stereocenters. The number of nitrogens with zero attached hydrogens (tertiary/aromatic N) is 5. The topological polar surface area (TPSA) is 64.5 Å². The quantitative estimate of drug-likeness (QED) is 0.542. The molecule has 0 radical (unpaired) electrons. The molecule has 0 N–H and O–H groups in total. The van der Waals surface area contributed by atoms with Crippen molar-refractivity contribution in [1.82, 2.24) is 19.2 Å². The van der Waals surface area contributed by atoms with Gasteiger partial charge in [-0.2, -0.15) is 0 Å². The number of unbranched alkanes of at least 4 members (excludes halogenated alkanes) is 2. The number of hydrogen-bond acceptors (Lipinski definition) is 4. The van der Waals surface area contributed by atoms with Gasteiger partial charge >= 0.3 is 0 Å². The molecule has 1 aromatic carbocycles. The summed E-state index contributed by atoms with van der Waals surface area (Å²) in [5, 5.41) is 9.03. The van der Waals surface area contributed by atoms with Crippen molar-refractivity contribution in [3.05, 3.63) is 57.6 Å². The van der Waals surface area contributed by atoms with Gasteiger partial charge in [0, 0.05) is 13.0 Å². The fourth-order valence-corrected chi connectivity index (χ4v) is 4.72. The lowest BCUT2D eigenvalue weighted by atomic mass is 9.95. The number of aromatic nitrogens is 4. The van der Waals surface area contributed by atoms with Gasteiger partial charge in [-0.25, -0.2) is 9.39 Å². The van der Waals surface area contributed by atoms with E-state index >= 15 is 0 Å². The molecule has 2 aromatic heterocycles. The molecule has 6 nitrogen and oxygen atoms in total. The summed E-state index contributed by atoms with van der Waals surface area (Å²) in [7, 11) is 0. The first-order valence-corrected chi connectivity index (χ1v) is 10.7. The van der Waals surface area contributed by atoms with E-state index in [1.165, 1.54) is 5.56 Å². The van der Waals surface area contributed by atoms with E-state index in [1.54, 1.807) is 4.40 Å². The molecular formula is C21H22BrN5O. The lowest BCUT2D eigenvalue weighted by Crippen LogP contribution is -2.26. The van der Waals surface area contributed by atoms with E-state index in [9.17, 15) is 4.79 Å². The van der Waals surface area contributed by atoms with Crippen LogP contribution in [0.4, 0.5) is 5.82 Å². The molecule has 3 heterocycles. The maximum Gasteiger partial charge on any atom is 0.266 e. The molecule has 1 saturated carbocycles. The molecule has 2 aliphatic rings. The molecule has 1 fully saturated rings. The number of benzene rings is 1. The van der Waals surface area contributed by atoms with Crippen LogP contribution in [0, 0.1) is 0 Å². The van der Waals surface area contributed by atoms with Gasteiger partial charge in [-0.3, -0.25) is 9.36 Å². The summed E-state index contributed by atoms with van der Waals surface area (Å²) in [5.41, 5.74) is 1.71. The largest absolute Gasteiger partial charge is 0.294 e. The van der Waals surface area contributed by atoms with Crippen LogP contribution in [0.5, 0.6) is 0 Å². The van der Waals surface area contributed by atoms with Gasteiger partial charge in [0.1, 0.15) is 5.82 Å². The predicted molar refractivity (Wildman–Crippen MR) is 113 cm³/mol. The number of fused-ring (bicyclic) bond motifs is 2. The van der Waals surface area contributed by atoms with Crippen LogP contribution in [0.15, 0.2) is 40.1 Å². The van der Waals surface area contributed by atoms with E-state index in [2.05, 4.69) is 54.7 Å². The predicted octanol–water partition coefficient (Wildman–Crippen LogP) is 4.14. The highest BCUT2D eigenvalue weighted by atomic mass is 79.9. The van der Waals surface area contributed by atoms with Gasteiger partial charge < -0.3 is 0 Å². The van der Waals surface area contributed by atoms with Crippen molar-refractivity contribution in [2.24, 2.45) is 4.99 Å². The summed E-state index contributed by atoms with van der Waals surface area (Å²) in [6.45, 7) is 2.98. The molecular weight excluding hydrogens is 418 g/mol. The standard InChI is InChI=1S/C21H22BrN5O/c1-2-3-7-12-26-17-15(13-16(22)23-17)18(28)27-19(24-25-20(26)27)21(10-11-21)14-8-5-4-6-9-14/h4-6,8-9H,2-3,7,10-13H2,1H3. The third kappa shape index (κ3) is 2.59. The first-order chi connectivity index (χ1) is 13.7. The SMILES string of the molecule is CCCCCn1c2c(c(=O)n3c(C4(c5ccccc5)CC4)nnc13)CC(Br)=N2. The number of aryl methyl sites for hydroxylation is 1. The highest BCUT2D eigenvalue weighted by molar-refractivity contribution is 9.18. The van der Waals surface area contributed by atoms with Crippen LogP contribution in [0.2, 0.25) is 0 Å². The summed E-state index contributed by atoms with van der Waals surface area (Å²) >= 11 is 3.49. The Morgan fingerprint density at radius 2 is 1.93 bits per heavy atom. The Balaban J connectivity index is 1.72. The zero-order valence-corrected chi connectivity index (χ0v) is 17.4. The number of rotatable bonds is 6. The third-order valence-corrected chi connectivity index (χ3v) is 6.37. The fraction of sp³-hybridized carbons (Fsp3) is 0.429. The van der Waals surface area contributed by atoms with Crippen LogP contribution in [-0.2, 0) is 18.4 Å². The van der Waals surface area contributed by atoms with Crippen LogP contribution in [0.3, 0.4) is 0 Å². The minimum Gasteiger partial charge on any atom is -0.294 e. The summed E-state index contributed by atoms with van der Waals surface area (Å²) < 4.78 is 4.64. The maximum atomic E-state index is 13.4. The highest BCUT2D eigenvalue weighted by Crippen LogP contribution is 2.52. The normalized spacial score (nSPS) is 17.0. The summed E-state index contributed by atoms with van der Waals surface area (Å²) in [6, 6.07) is 10.4. The molecule has 1 aliphatic heterocycles. The lowest BCUT2D eigenvalue weighted by molar-refractivity contribution is 0.601. The molecule has 144 valence electrons. The van der Waals surface area contributed by atoms with Gasteiger partial charge in [0.15, 0.2) is 5.82 Å². The van der Waals surface area contributed by atoms with Gasteiger partial charge in [0.05, 0.1) is 15.6 Å². The smallest absolute Gasteiger partial charge is 0.266 e. The van der Waals surface area contributed by atoms with E-state index < -0.39 is 0 Å². The molecule has 0 atom stereocenters. The number of hydrogen-bond donors (Lipinski definition) is 0. The van der Waals surface area contributed by atoms with Crippen molar-refractivity contribution in [3.63, 3.8) is 0 Å². The number of aliphatic imine (C=N–C) groups is 1. The van der Waals surface area contributed by atoms with Crippen molar-refractivity contribution in [3.8, 4) is 0 Å². The second-order valence-electron chi connectivity index (χ2n) is 7.74. The Morgan fingerprint density at radius 3 is 2.64 bits per heavy atom. The summed E-state index contributed by atoms with van der Waals surface area (Å²) in [6.07, 6.45) is 5.82. The first-order valence-electron chi connectivity index (χ1n) is 9.95. The van der Waals surface area contributed by atoms with Crippen LogP contribution in [0.25, 0.3) is 5.78 Å². The van der Waals surface area contributed by atoms with Crippen LogP contribution >= 0.6 is 15.9 Å². The Hall–Kier alpha value is -2.28. The van der Waals surface area contributed by atoms with E-state index in [-0.39, 0.29) is 11.0 Å². The zero-order chi connectivity index (χ0) is 19.3. The van der Waals surface area contributed by atoms with Crippen molar-refractivity contribution in [1.29, 1.82) is 0 Å². The Kier molecular flexibility index (Phi) is 4.23. The van der Waals surface area contributed by atoms with E-state index in [0.717, 1.165) is 60.5 Å². The van der Waals surface area contributed by atoms with E-state index in [4.69, 9.17) is 0 Å². The van der Waals surface area contributed by atoms with E-state index in [0.29, 0.717) is 12.2 Å². The van der Waals surface area contributed by atoms with Gasteiger partial charge in [-0.05, 0) is 40.8 Å².